The average molecular weight is 409 g/mol. The van der Waals surface area contributed by atoms with E-state index in [1.165, 1.54) is 25.7 Å². The summed E-state index contributed by atoms with van der Waals surface area (Å²) in [5.74, 6) is -0.651. The van der Waals surface area contributed by atoms with Crippen LogP contribution in [-0.4, -0.2) is 41.3 Å². The number of unbranched alkanes of at least 4 members (excludes halogenated alkanes) is 5. The Morgan fingerprint density at radius 1 is 1.07 bits per heavy atom. The standard InChI is InChI=1S/C24H40O5/c1-2-3-4-7-10-16-24(28-18-19-29-24)17-15-20-13-14-22(25)21(20)11-8-5-6-9-12-23(26)27/h5,8,13-14,20-22,25H,2-4,6-7,9-12,15-19H2,1H3,(H,26,27)/b8-5-/t20-,21?,22?/m1/s1. The van der Waals surface area contributed by atoms with Gasteiger partial charge >= 0.3 is 5.97 Å². The monoisotopic (exact) mass is 408 g/mol. The summed E-state index contributed by atoms with van der Waals surface area (Å²) >= 11 is 0. The molecule has 2 N–H and O–H groups in total. The first-order valence-electron chi connectivity index (χ1n) is 11.6. The predicted octanol–water partition coefficient (Wildman–Crippen LogP) is 5.23. The van der Waals surface area contributed by atoms with Crippen molar-refractivity contribution in [3.8, 4) is 0 Å². The Balaban J connectivity index is 1.76. The zero-order valence-electron chi connectivity index (χ0n) is 18.1. The third-order valence-corrected chi connectivity index (χ3v) is 6.21. The smallest absolute Gasteiger partial charge is 0.303 e. The molecular formula is C24H40O5. The summed E-state index contributed by atoms with van der Waals surface area (Å²) in [6.45, 7) is 3.59. The molecule has 29 heavy (non-hydrogen) atoms. The summed E-state index contributed by atoms with van der Waals surface area (Å²) < 4.78 is 12.1. The molecule has 5 heteroatoms. The van der Waals surface area contributed by atoms with Gasteiger partial charge in [0.1, 0.15) is 0 Å². The van der Waals surface area contributed by atoms with Crippen molar-refractivity contribution < 1.29 is 24.5 Å². The molecule has 1 heterocycles. The molecule has 0 aromatic heterocycles. The fourth-order valence-electron chi connectivity index (χ4n) is 4.46. The van der Waals surface area contributed by atoms with Gasteiger partial charge in [-0.05, 0) is 43.9 Å². The second-order valence-electron chi connectivity index (χ2n) is 8.51. The Morgan fingerprint density at radius 2 is 1.83 bits per heavy atom. The highest BCUT2D eigenvalue weighted by atomic mass is 16.7. The molecule has 1 aliphatic carbocycles. The van der Waals surface area contributed by atoms with Crippen molar-refractivity contribution in [2.24, 2.45) is 11.8 Å². The molecule has 1 aliphatic heterocycles. The van der Waals surface area contributed by atoms with E-state index in [0.717, 1.165) is 38.5 Å². The van der Waals surface area contributed by atoms with Gasteiger partial charge in [-0.3, -0.25) is 4.79 Å². The van der Waals surface area contributed by atoms with Gasteiger partial charge in [0.15, 0.2) is 5.79 Å². The number of aliphatic hydroxyl groups is 1. The minimum Gasteiger partial charge on any atom is -0.481 e. The summed E-state index contributed by atoms with van der Waals surface area (Å²) in [5, 5.41) is 19.0. The van der Waals surface area contributed by atoms with Crippen molar-refractivity contribution in [1.82, 2.24) is 0 Å². The number of hydrogen-bond donors (Lipinski definition) is 2. The third kappa shape index (κ3) is 8.61. The third-order valence-electron chi connectivity index (χ3n) is 6.21. The van der Waals surface area contributed by atoms with Crippen LogP contribution in [0.5, 0.6) is 0 Å². The Hall–Kier alpha value is -1.17. The Morgan fingerprint density at radius 3 is 2.55 bits per heavy atom. The predicted molar refractivity (Wildman–Crippen MR) is 115 cm³/mol. The zero-order chi connectivity index (χ0) is 21.0. The van der Waals surface area contributed by atoms with Crippen molar-refractivity contribution in [2.75, 3.05) is 13.2 Å². The molecular weight excluding hydrogens is 368 g/mol. The summed E-state index contributed by atoms with van der Waals surface area (Å²) in [4.78, 5) is 10.6. The first-order chi connectivity index (χ1) is 14.1. The van der Waals surface area contributed by atoms with E-state index in [0.29, 0.717) is 25.6 Å². The molecule has 0 aromatic rings. The van der Waals surface area contributed by atoms with Gasteiger partial charge in [-0.1, -0.05) is 56.9 Å². The molecule has 0 radical (unpaired) electrons. The normalized spacial score (nSPS) is 25.9. The fraction of sp³-hybridized carbons (Fsp3) is 0.792. The van der Waals surface area contributed by atoms with Gasteiger partial charge in [0.2, 0.25) is 0 Å². The van der Waals surface area contributed by atoms with E-state index >= 15 is 0 Å². The van der Waals surface area contributed by atoms with Crippen molar-refractivity contribution in [1.29, 1.82) is 0 Å². The van der Waals surface area contributed by atoms with Gasteiger partial charge in [0, 0.05) is 19.3 Å². The van der Waals surface area contributed by atoms with Crippen molar-refractivity contribution >= 4 is 5.97 Å². The van der Waals surface area contributed by atoms with Crippen LogP contribution in [0.3, 0.4) is 0 Å². The number of carboxylic acid groups (broad SMARTS) is 1. The number of carboxylic acids is 1. The van der Waals surface area contributed by atoms with Crippen LogP contribution in [0.25, 0.3) is 0 Å². The van der Waals surface area contributed by atoms with E-state index in [2.05, 4.69) is 19.1 Å². The summed E-state index contributed by atoms with van der Waals surface area (Å²) in [5.41, 5.74) is 0. The molecule has 1 fully saturated rings. The molecule has 2 aliphatic rings. The molecule has 2 rings (SSSR count). The second kappa shape index (κ2) is 13.2. The van der Waals surface area contributed by atoms with Gasteiger partial charge in [-0.15, -0.1) is 0 Å². The first kappa shape index (κ1) is 24.1. The largest absolute Gasteiger partial charge is 0.481 e. The van der Waals surface area contributed by atoms with Crippen LogP contribution in [0.15, 0.2) is 24.3 Å². The number of ether oxygens (including phenoxy) is 2. The molecule has 0 saturated carbocycles. The SMILES string of the molecule is CCCCCCCC1(CC[C@H]2C=CC(O)C2C/C=C\CCCC(=O)O)OCCO1. The number of carbonyl (C=O) groups is 1. The van der Waals surface area contributed by atoms with Gasteiger partial charge in [-0.2, -0.15) is 0 Å². The molecule has 0 spiro atoms. The van der Waals surface area contributed by atoms with Gasteiger partial charge < -0.3 is 19.7 Å². The minimum atomic E-state index is -0.746. The molecule has 1 saturated heterocycles. The number of allylic oxidation sites excluding steroid dienone is 3. The summed E-state index contributed by atoms with van der Waals surface area (Å²) in [7, 11) is 0. The van der Waals surface area contributed by atoms with Crippen LogP contribution >= 0.6 is 0 Å². The van der Waals surface area contributed by atoms with Crippen LogP contribution in [0.1, 0.15) is 84.0 Å². The van der Waals surface area contributed by atoms with E-state index < -0.39 is 17.9 Å². The second-order valence-corrected chi connectivity index (χ2v) is 8.51. The highest BCUT2D eigenvalue weighted by Gasteiger charge is 2.38. The van der Waals surface area contributed by atoms with E-state index in [4.69, 9.17) is 14.6 Å². The van der Waals surface area contributed by atoms with Gasteiger partial charge in [-0.25, -0.2) is 0 Å². The molecule has 0 amide bonds. The topological polar surface area (TPSA) is 76.0 Å². The van der Waals surface area contributed by atoms with E-state index in [9.17, 15) is 9.90 Å². The van der Waals surface area contributed by atoms with E-state index in [1.807, 2.05) is 12.2 Å². The molecule has 5 nitrogen and oxygen atoms in total. The van der Waals surface area contributed by atoms with Crippen molar-refractivity contribution in [3.05, 3.63) is 24.3 Å². The number of hydrogen-bond acceptors (Lipinski definition) is 4. The van der Waals surface area contributed by atoms with Crippen molar-refractivity contribution in [3.63, 3.8) is 0 Å². The molecule has 0 bridgehead atoms. The van der Waals surface area contributed by atoms with Crippen LogP contribution in [0.2, 0.25) is 0 Å². The van der Waals surface area contributed by atoms with Crippen LogP contribution in [0, 0.1) is 11.8 Å². The highest BCUT2D eigenvalue weighted by Crippen LogP contribution is 2.38. The number of aliphatic hydroxyl groups excluding tert-OH is 1. The minimum absolute atomic E-state index is 0.189. The zero-order valence-corrected chi connectivity index (χ0v) is 18.1. The van der Waals surface area contributed by atoms with E-state index in [1.54, 1.807) is 0 Å². The highest BCUT2D eigenvalue weighted by molar-refractivity contribution is 5.66. The molecule has 3 atom stereocenters. The number of aliphatic carboxylic acids is 1. The molecule has 2 unspecified atom stereocenters. The Kier molecular flexibility index (Phi) is 11.0. The lowest BCUT2D eigenvalue weighted by molar-refractivity contribution is -0.170. The number of rotatable bonds is 15. The van der Waals surface area contributed by atoms with Crippen LogP contribution < -0.4 is 0 Å². The fourth-order valence-corrected chi connectivity index (χ4v) is 4.46. The lowest BCUT2D eigenvalue weighted by Crippen LogP contribution is -2.31. The summed E-state index contributed by atoms with van der Waals surface area (Å²) in [6.07, 6.45) is 19.3. The van der Waals surface area contributed by atoms with Crippen molar-refractivity contribution in [2.45, 2.75) is 95.9 Å². The lowest BCUT2D eigenvalue weighted by atomic mass is 9.85. The maximum atomic E-state index is 10.6. The quantitative estimate of drug-likeness (QED) is 0.286. The Labute approximate surface area is 176 Å². The van der Waals surface area contributed by atoms with E-state index in [-0.39, 0.29) is 12.3 Å². The van der Waals surface area contributed by atoms with Crippen LogP contribution in [-0.2, 0) is 14.3 Å². The maximum absolute atomic E-state index is 10.6. The van der Waals surface area contributed by atoms with Crippen LogP contribution in [0.4, 0.5) is 0 Å². The lowest BCUT2D eigenvalue weighted by Gasteiger charge is -2.30. The molecule has 0 aromatic carbocycles. The van der Waals surface area contributed by atoms with Gasteiger partial charge in [0.25, 0.3) is 0 Å². The Bertz CT molecular complexity index is 521. The first-order valence-corrected chi connectivity index (χ1v) is 11.6. The average Bonchev–Trinajstić information content (AvgIpc) is 3.30. The summed E-state index contributed by atoms with van der Waals surface area (Å²) in [6, 6.07) is 0. The molecule has 166 valence electrons. The van der Waals surface area contributed by atoms with Gasteiger partial charge in [0.05, 0.1) is 19.3 Å². The maximum Gasteiger partial charge on any atom is 0.303 e.